The Morgan fingerprint density at radius 2 is 1.77 bits per heavy atom. The average molecular weight is 301 g/mol. The van der Waals surface area contributed by atoms with Gasteiger partial charge in [0.05, 0.1) is 0 Å². The summed E-state index contributed by atoms with van der Waals surface area (Å²) in [5, 5.41) is 0. The lowest BCUT2D eigenvalue weighted by atomic mass is 10.2. The van der Waals surface area contributed by atoms with Crippen molar-refractivity contribution in [3.05, 3.63) is 66.0 Å². The summed E-state index contributed by atoms with van der Waals surface area (Å²) in [6.45, 7) is 2.42. The van der Waals surface area contributed by atoms with Gasteiger partial charge in [-0.1, -0.05) is 37.3 Å². The van der Waals surface area contributed by atoms with E-state index >= 15 is 0 Å². The van der Waals surface area contributed by atoms with Gasteiger partial charge in [0.1, 0.15) is 11.6 Å². The largest absolute Gasteiger partial charge is 0.481 e. The molecule has 3 nitrogen and oxygen atoms in total. The highest BCUT2D eigenvalue weighted by Crippen LogP contribution is 2.16. The number of benzene rings is 2. The lowest BCUT2D eigenvalue weighted by Crippen LogP contribution is -2.39. The number of rotatable bonds is 6. The summed E-state index contributed by atoms with van der Waals surface area (Å²) in [5.74, 6) is 0.0818. The standard InChI is InChI=1S/C18H20FNO2/c1-3-17(22-16-11-9-15(19)10-12-16)18(21)20(2)13-14-7-5-4-6-8-14/h4-12,17H,3,13H2,1-2H3. The lowest BCUT2D eigenvalue weighted by Gasteiger charge is -2.24. The molecule has 2 rings (SSSR count). The molecule has 0 saturated carbocycles. The van der Waals surface area contributed by atoms with Crippen LogP contribution in [0, 0.1) is 5.82 Å². The molecule has 0 N–H and O–H groups in total. The second-order valence-electron chi connectivity index (χ2n) is 5.15. The summed E-state index contributed by atoms with van der Waals surface area (Å²) >= 11 is 0. The van der Waals surface area contributed by atoms with Gasteiger partial charge in [-0.25, -0.2) is 4.39 Å². The molecule has 0 heterocycles. The van der Waals surface area contributed by atoms with Gasteiger partial charge < -0.3 is 9.64 Å². The van der Waals surface area contributed by atoms with E-state index in [1.807, 2.05) is 37.3 Å². The number of carbonyl (C=O) groups is 1. The highest BCUT2D eigenvalue weighted by Gasteiger charge is 2.22. The highest BCUT2D eigenvalue weighted by molar-refractivity contribution is 5.81. The first-order chi connectivity index (χ1) is 10.6. The third kappa shape index (κ3) is 4.32. The van der Waals surface area contributed by atoms with Gasteiger partial charge >= 0.3 is 0 Å². The normalized spacial score (nSPS) is 11.8. The fraction of sp³-hybridized carbons (Fsp3) is 0.278. The Labute approximate surface area is 130 Å². The summed E-state index contributed by atoms with van der Waals surface area (Å²) < 4.78 is 18.6. The first-order valence-corrected chi connectivity index (χ1v) is 7.31. The van der Waals surface area contributed by atoms with Gasteiger partial charge in [-0.15, -0.1) is 0 Å². The molecule has 0 aliphatic rings. The molecule has 1 amide bonds. The first-order valence-electron chi connectivity index (χ1n) is 7.31. The molecule has 0 fully saturated rings. The lowest BCUT2D eigenvalue weighted by molar-refractivity contribution is -0.138. The summed E-state index contributed by atoms with van der Waals surface area (Å²) in [6.07, 6.45) is -0.0193. The number of nitrogens with zero attached hydrogens (tertiary/aromatic N) is 1. The van der Waals surface area contributed by atoms with Crippen molar-refractivity contribution in [3.63, 3.8) is 0 Å². The molecular weight excluding hydrogens is 281 g/mol. The molecule has 4 heteroatoms. The molecule has 22 heavy (non-hydrogen) atoms. The van der Waals surface area contributed by atoms with E-state index in [0.29, 0.717) is 18.7 Å². The van der Waals surface area contributed by atoms with Crippen molar-refractivity contribution in [2.75, 3.05) is 7.05 Å². The maximum Gasteiger partial charge on any atom is 0.263 e. The average Bonchev–Trinajstić information content (AvgIpc) is 2.54. The van der Waals surface area contributed by atoms with Crippen molar-refractivity contribution < 1.29 is 13.9 Å². The van der Waals surface area contributed by atoms with Gasteiger partial charge in [-0.3, -0.25) is 4.79 Å². The van der Waals surface area contributed by atoms with E-state index < -0.39 is 6.10 Å². The van der Waals surface area contributed by atoms with Crippen molar-refractivity contribution in [3.8, 4) is 5.75 Å². The minimum Gasteiger partial charge on any atom is -0.481 e. The van der Waals surface area contributed by atoms with E-state index in [1.165, 1.54) is 24.3 Å². The molecule has 0 aromatic heterocycles. The van der Waals surface area contributed by atoms with Crippen molar-refractivity contribution >= 4 is 5.91 Å². The minimum atomic E-state index is -0.570. The number of hydrogen-bond donors (Lipinski definition) is 0. The van der Waals surface area contributed by atoms with Gasteiger partial charge in [-0.2, -0.15) is 0 Å². The van der Waals surface area contributed by atoms with Crippen LogP contribution in [0.2, 0.25) is 0 Å². The monoisotopic (exact) mass is 301 g/mol. The van der Waals surface area contributed by atoms with Crippen LogP contribution in [0.1, 0.15) is 18.9 Å². The van der Waals surface area contributed by atoms with Gasteiger partial charge in [0.15, 0.2) is 6.10 Å². The fourth-order valence-electron chi connectivity index (χ4n) is 2.17. The van der Waals surface area contributed by atoms with E-state index in [2.05, 4.69) is 0 Å². The van der Waals surface area contributed by atoms with Crippen LogP contribution in [-0.2, 0) is 11.3 Å². The van der Waals surface area contributed by atoms with Crippen molar-refractivity contribution in [1.29, 1.82) is 0 Å². The van der Waals surface area contributed by atoms with Gasteiger partial charge in [-0.05, 0) is 36.2 Å². The van der Waals surface area contributed by atoms with Crippen LogP contribution in [0.25, 0.3) is 0 Å². The zero-order chi connectivity index (χ0) is 15.9. The second kappa shape index (κ2) is 7.59. The van der Waals surface area contributed by atoms with Crippen LogP contribution in [0.5, 0.6) is 5.75 Å². The molecule has 2 aromatic rings. The van der Waals surface area contributed by atoms with Gasteiger partial charge in [0, 0.05) is 13.6 Å². The van der Waals surface area contributed by atoms with E-state index in [9.17, 15) is 9.18 Å². The Kier molecular flexibility index (Phi) is 5.53. The fourth-order valence-corrected chi connectivity index (χ4v) is 2.17. The van der Waals surface area contributed by atoms with Crippen LogP contribution in [0.4, 0.5) is 4.39 Å². The molecule has 0 radical (unpaired) electrons. The zero-order valence-electron chi connectivity index (χ0n) is 12.8. The van der Waals surface area contributed by atoms with Crippen molar-refractivity contribution in [2.45, 2.75) is 26.0 Å². The van der Waals surface area contributed by atoms with E-state index in [0.717, 1.165) is 5.56 Å². The van der Waals surface area contributed by atoms with E-state index in [1.54, 1.807) is 11.9 Å². The Hall–Kier alpha value is -2.36. The number of ether oxygens (including phenoxy) is 1. The third-order valence-corrected chi connectivity index (χ3v) is 3.38. The SMILES string of the molecule is CCC(Oc1ccc(F)cc1)C(=O)N(C)Cc1ccccc1. The molecular formula is C18H20FNO2. The summed E-state index contributed by atoms with van der Waals surface area (Å²) in [5.41, 5.74) is 1.06. The molecule has 0 spiro atoms. The molecule has 0 aliphatic heterocycles. The number of likely N-dealkylation sites (N-methyl/N-ethyl adjacent to an activating group) is 1. The van der Waals surface area contributed by atoms with Crippen LogP contribution >= 0.6 is 0 Å². The first kappa shape index (κ1) is 16.0. The number of halogens is 1. The van der Waals surface area contributed by atoms with Crippen molar-refractivity contribution in [1.82, 2.24) is 4.90 Å². The predicted octanol–water partition coefficient (Wildman–Crippen LogP) is 3.64. The third-order valence-electron chi connectivity index (χ3n) is 3.38. The maximum atomic E-state index is 12.9. The smallest absolute Gasteiger partial charge is 0.263 e. The quantitative estimate of drug-likeness (QED) is 0.815. The molecule has 0 saturated heterocycles. The van der Waals surface area contributed by atoms with Gasteiger partial charge in [0.2, 0.25) is 0 Å². The summed E-state index contributed by atoms with van der Waals surface area (Å²) in [4.78, 5) is 14.1. The Morgan fingerprint density at radius 3 is 2.36 bits per heavy atom. The maximum absolute atomic E-state index is 12.9. The van der Waals surface area contributed by atoms with E-state index in [-0.39, 0.29) is 11.7 Å². The van der Waals surface area contributed by atoms with Crippen LogP contribution in [0.3, 0.4) is 0 Å². The van der Waals surface area contributed by atoms with E-state index in [4.69, 9.17) is 4.74 Å². The molecule has 1 unspecified atom stereocenters. The molecule has 1 atom stereocenters. The minimum absolute atomic E-state index is 0.0873. The molecule has 0 aliphatic carbocycles. The van der Waals surface area contributed by atoms with Crippen LogP contribution in [0.15, 0.2) is 54.6 Å². The zero-order valence-corrected chi connectivity index (χ0v) is 12.8. The summed E-state index contributed by atoms with van der Waals surface area (Å²) in [6, 6.07) is 15.5. The predicted molar refractivity (Wildman–Crippen MR) is 84.0 cm³/mol. The summed E-state index contributed by atoms with van der Waals surface area (Å²) in [7, 11) is 1.76. The highest BCUT2D eigenvalue weighted by atomic mass is 19.1. The number of hydrogen-bond acceptors (Lipinski definition) is 2. The topological polar surface area (TPSA) is 29.5 Å². The van der Waals surface area contributed by atoms with Crippen LogP contribution < -0.4 is 4.74 Å². The molecule has 0 bridgehead atoms. The van der Waals surface area contributed by atoms with Gasteiger partial charge in [0.25, 0.3) is 5.91 Å². The van der Waals surface area contributed by atoms with Crippen LogP contribution in [-0.4, -0.2) is 24.0 Å². The second-order valence-corrected chi connectivity index (χ2v) is 5.15. The Bertz CT molecular complexity index is 598. The Morgan fingerprint density at radius 1 is 1.14 bits per heavy atom. The van der Waals surface area contributed by atoms with Crippen molar-refractivity contribution in [2.24, 2.45) is 0 Å². The number of amides is 1. The molecule has 116 valence electrons. The molecule has 2 aromatic carbocycles. The Balaban J connectivity index is 2.00. The number of carbonyl (C=O) groups excluding carboxylic acids is 1.